The van der Waals surface area contributed by atoms with Crippen LogP contribution in [-0.4, -0.2) is 0 Å². The van der Waals surface area contributed by atoms with Crippen molar-refractivity contribution in [3.8, 4) is 0 Å². The number of aryl methyl sites for hydroxylation is 7. The molecule has 156 valence electrons. The summed E-state index contributed by atoms with van der Waals surface area (Å²) in [5.41, 5.74) is 15.4. The van der Waals surface area contributed by atoms with Crippen molar-refractivity contribution in [2.75, 3.05) is 0 Å². The zero-order valence-corrected chi connectivity index (χ0v) is 19.2. The summed E-state index contributed by atoms with van der Waals surface area (Å²) in [6.45, 7) is 19.6. The van der Waals surface area contributed by atoms with E-state index in [-0.39, 0.29) is 7.43 Å². The first-order valence-electron chi connectivity index (χ1n) is 10.3. The van der Waals surface area contributed by atoms with Gasteiger partial charge in [0.25, 0.3) is 0 Å². The average molecular weight is 389 g/mol. The molecule has 3 rings (SSSR count). The Morgan fingerprint density at radius 3 is 1.14 bits per heavy atom. The summed E-state index contributed by atoms with van der Waals surface area (Å²) in [7, 11) is 0. The van der Waals surface area contributed by atoms with Crippen LogP contribution in [0.2, 0.25) is 0 Å². The largest absolute Gasteiger partial charge is 0.0776 e. The quantitative estimate of drug-likeness (QED) is 0.413. The van der Waals surface area contributed by atoms with Gasteiger partial charge in [0.2, 0.25) is 0 Å². The summed E-state index contributed by atoms with van der Waals surface area (Å²) in [6.07, 6.45) is 1.03. The van der Waals surface area contributed by atoms with Gasteiger partial charge in [-0.25, -0.2) is 0 Å². The minimum Gasteiger partial charge on any atom is -0.0776 e. The zero-order valence-electron chi connectivity index (χ0n) is 19.2. The number of rotatable bonds is 2. The molecule has 0 heterocycles. The van der Waals surface area contributed by atoms with E-state index >= 15 is 0 Å². The van der Waals surface area contributed by atoms with Crippen molar-refractivity contribution >= 4 is 0 Å². The predicted octanol–water partition coefficient (Wildman–Crippen LogP) is 8.38. The molecule has 0 N–H and O–H groups in total. The Kier molecular flexibility index (Phi) is 8.89. The maximum atomic E-state index is 2.33. The molecule has 0 aromatic heterocycles. The van der Waals surface area contributed by atoms with Crippen LogP contribution in [0.5, 0.6) is 0 Å². The molecule has 0 atom stereocenters. The van der Waals surface area contributed by atoms with Crippen molar-refractivity contribution in [3.63, 3.8) is 0 Å². The highest BCUT2D eigenvalue weighted by Crippen LogP contribution is 2.21. The molecular formula is C29H40. The van der Waals surface area contributed by atoms with Crippen molar-refractivity contribution in [1.82, 2.24) is 0 Å². The van der Waals surface area contributed by atoms with Crippen LogP contribution in [-0.2, 0) is 6.42 Å². The van der Waals surface area contributed by atoms with E-state index in [9.17, 15) is 0 Å². The molecule has 3 aromatic rings. The molecule has 0 radical (unpaired) electrons. The summed E-state index contributed by atoms with van der Waals surface area (Å²) in [6, 6.07) is 15.8. The van der Waals surface area contributed by atoms with Gasteiger partial charge in [-0.05, 0) is 124 Å². The average Bonchev–Trinajstić information content (AvgIpc) is 2.61. The molecule has 0 fully saturated rings. The third-order valence-electron chi connectivity index (χ3n) is 6.04. The number of hydrogen-bond acceptors (Lipinski definition) is 0. The van der Waals surface area contributed by atoms with E-state index in [2.05, 4.69) is 105 Å². The molecule has 0 amide bonds. The Bertz CT molecular complexity index is 872. The van der Waals surface area contributed by atoms with Crippen LogP contribution in [0.15, 0.2) is 42.5 Å². The Balaban J connectivity index is 0.000000355. The first-order chi connectivity index (χ1) is 13.1. The van der Waals surface area contributed by atoms with Crippen molar-refractivity contribution in [2.45, 2.75) is 76.2 Å². The van der Waals surface area contributed by atoms with Crippen LogP contribution in [0.25, 0.3) is 0 Å². The Labute approximate surface area is 180 Å². The van der Waals surface area contributed by atoms with E-state index < -0.39 is 0 Å². The first-order valence-corrected chi connectivity index (χ1v) is 10.3. The Morgan fingerprint density at radius 2 is 0.828 bits per heavy atom. The second-order valence-corrected chi connectivity index (χ2v) is 8.47. The van der Waals surface area contributed by atoms with Gasteiger partial charge in [0, 0.05) is 0 Å². The van der Waals surface area contributed by atoms with Crippen LogP contribution in [0.1, 0.15) is 68.6 Å². The zero-order chi connectivity index (χ0) is 21.0. The maximum Gasteiger partial charge on any atom is -0.00254 e. The molecule has 0 bridgehead atoms. The third-order valence-corrected chi connectivity index (χ3v) is 6.04. The van der Waals surface area contributed by atoms with E-state index in [0.29, 0.717) is 0 Å². The van der Waals surface area contributed by atoms with Gasteiger partial charge in [-0.2, -0.15) is 0 Å². The van der Waals surface area contributed by atoms with Gasteiger partial charge in [-0.1, -0.05) is 55.5 Å². The van der Waals surface area contributed by atoms with E-state index in [4.69, 9.17) is 0 Å². The predicted molar refractivity (Wildman–Crippen MR) is 131 cm³/mol. The molecule has 0 aliphatic carbocycles. The van der Waals surface area contributed by atoms with Gasteiger partial charge in [0.15, 0.2) is 0 Å². The molecule has 3 aromatic carbocycles. The normalized spacial score (nSPS) is 10.1. The second kappa shape index (κ2) is 10.4. The fourth-order valence-corrected chi connectivity index (χ4v) is 3.58. The summed E-state index contributed by atoms with van der Waals surface area (Å²) in [5, 5.41) is 0. The summed E-state index contributed by atoms with van der Waals surface area (Å²) < 4.78 is 0. The van der Waals surface area contributed by atoms with Crippen LogP contribution in [0.4, 0.5) is 0 Å². The Morgan fingerprint density at radius 1 is 0.448 bits per heavy atom. The van der Waals surface area contributed by atoms with Crippen LogP contribution in [0.3, 0.4) is 0 Å². The SMILES string of the molecule is C.Cc1cc(Cc2cc(C)c(C)c(C)c2)cc(C)c1C.Cc1ccc(C)c(C)c1. The summed E-state index contributed by atoms with van der Waals surface area (Å²) in [5.74, 6) is 0. The maximum absolute atomic E-state index is 2.33. The van der Waals surface area contributed by atoms with Crippen molar-refractivity contribution in [2.24, 2.45) is 0 Å². The second-order valence-electron chi connectivity index (χ2n) is 8.47. The third kappa shape index (κ3) is 6.60. The topological polar surface area (TPSA) is 0 Å². The lowest BCUT2D eigenvalue weighted by atomic mass is 9.94. The highest BCUT2D eigenvalue weighted by Gasteiger charge is 2.05. The first kappa shape index (κ1) is 24.7. The summed E-state index contributed by atoms with van der Waals surface area (Å²) in [4.78, 5) is 0. The molecule has 0 unspecified atom stereocenters. The molecule has 0 saturated heterocycles. The standard InChI is InChI=1S/C19H24.C9H12.CH4/c1-12-7-18(8-13(2)16(12)5)11-19-9-14(3)17(6)15(4)10-19;1-7-4-5-8(2)9(3)6-7;/h7-10H,11H2,1-6H3;4-6H,1-3H3;1H4. The lowest BCUT2D eigenvalue weighted by molar-refractivity contribution is 1.12. The van der Waals surface area contributed by atoms with Gasteiger partial charge < -0.3 is 0 Å². The Hall–Kier alpha value is -2.34. The number of hydrogen-bond donors (Lipinski definition) is 0. The minimum atomic E-state index is 0. The van der Waals surface area contributed by atoms with E-state index in [1.807, 2.05) is 0 Å². The fourth-order valence-electron chi connectivity index (χ4n) is 3.58. The van der Waals surface area contributed by atoms with Crippen molar-refractivity contribution in [3.05, 3.63) is 104 Å². The van der Waals surface area contributed by atoms with Crippen LogP contribution in [0, 0.1) is 62.3 Å². The highest BCUT2D eigenvalue weighted by atomic mass is 14.1. The van der Waals surface area contributed by atoms with Gasteiger partial charge in [-0.15, -0.1) is 0 Å². The molecule has 0 spiro atoms. The smallest absolute Gasteiger partial charge is 0.00254 e. The van der Waals surface area contributed by atoms with E-state index in [1.54, 1.807) is 0 Å². The fraction of sp³-hybridized carbons (Fsp3) is 0.379. The lowest BCUT2D eigenvalue weighted by Gasteiger charge is -2.12. The molecule has 0 aliphatic heterocycles. The van der Waals surface area contributed by atoms with Crippen LogP contribution < -0.4 is 0 Å². The minimum absolute atomic E-state index is 0. The molecule has 0 aliphatic rings. The monoisotopic (exact) mass is 388 g/mol. The summed E-state index contributed by atoms with van der Waals surface area (Å²) >= 11 is 0. The van der Waals surface area contributed by atoms with Crippen molar-refractivity contribution in [1.29, 1.82) is 0 Å². The molecule has 0 nitrogen and oxygen atoms in total. The van der Waals surface area contributed by atoms with Gasteiger partial charge in [-0.3, -0.25) is 0 Å². The number of benzene rings is 3. The molecular weight excluding hydrogens is 348 g/mol. The van der Waals surface area contributed by atoms with Gasteiger partial charge >= 0.3 is 0 Å². The van der Waals surface area contributed by atoms with Crippen molar-refractivity contribution < 1.29 is 0 Å². The lowest BCUT2D eigenvalue weighted by Crippen LogP contribution is -1.96. The van der Waals surface area contributed by atoms with E-state index in [1.165, 1.54) is 61.2 Å². The molecule has 29 heavy (non-hydrogen) atoms. The van der Waals surface area contributed by atoms with Gasteiger partial charge in [0.1, 0.15) is 0 Å². The highest BCUT2D eigenvalue weighted by molar-refractivity contribution is 5.42. The van der Waals surface area contributed by atoms with Gasteiger partial charge in [0.05, 0.1) is 0 Å². The van der Waals surface area contributed by atoms with Crippen LogP contribution >= 0.6 is 0 Å². The molecule has 0 heteroatoms. The molecule has 0 saturated carbocycles. The van der Waals surface area contributed by atoms with E-state index in [0.717, 1.165) is 6.42 Å².